The molecule has 1 aromatic carbocycles. The molecule has 1 nitrogen and oxygen atoms in total. The summed E-state index contributed by atoms with van der Waals surface area (Å²) in [4.78, 5) is 0. The van der Waals surface area contributed by atoms with Crippen LogP contribution in [0.5, 0.6) is 0 Å². The Balaban J connectivity index is 0.00000196. The molecule has 0 spiro atoms. The van der Waals surface area contributed by atoms with Crippen molar-refractivity contribution in [3.8, 4) is 0 Å². The first kappa shape index (κ1) is 14.8. The fourth-order valence-electron chi connectivity index (χ4n) is 1.63. The molecule has 2 heteroatoms. The Morgan fingerprint density at radius 2 is 1.60 bits per heavy atom. The van der Waals surface area contributed by atoms with E-state index in [0.29, 0.717) is 12.1 Å². The minimum atomic E-state index is 0. The van der Waals surface area contributed by atoms with Gasteiger partial charge in [-0.25, -0.2) is 0 Å². The second-order valence-electron chi connectivity index (χ2n) is 3.71. The molecule has 1 atom stereocenters. The van der Waals surface area contributed by atoms with Crippen LogP contribution in [-0.4, -0.2) is 6.04 Å². The summed E-state index contributed by atoms with van der Waals surface area (Å²) in [6, 6.07) is 11.4. The van der Waals surface area contributed by atoms with Crippen molar-refractivity contribution >= 4 is 0 Å². The molecule has 0 amide bonds. The Morgan fingerprint density at radius 1 is 1.07 bits per heavy atom. The molecule has 0 aliphatic carbocycles. The van der Waals surface area contributed by atoms with Crippen LogP contribution in [0.3, 0.4) is 0 Å². The zero-order chi connectivity index (χ0) is 10.4. The molecule has 1 rings (SSSR count). The Labute approximate surface area is 106 Å². The average Bonchev–Trinajstić information content (AvgIpc) is 2.26. The van der Waals surface area contributed by atoms with Crippen LogP contribution in [0.4, 0.5) is 0 Å². The topological polar surface area (TPSA) is 14.1 Å². The Bertz CT molecular complexity index is 244. The van der Waals surface area contributed by atoms with Crippen molar-refractivity contribution in [2.75, 3.05) is 0 Å². The molecule has 0 unspecified atom stereocenters. The first-order chi connectivity index (χ1) is 6.77. The zero-order valence-electron chi connectivity index (χ0n) is 10.4. The van der Waals surface area contributed by atoms with Crippen molar-refractivity contribution in [2.45, 2.75) is 45.7 Å². The Kier molecular flexibility index (Phi) is 7.87. The average molecular weight is 197 g/mol. The Morgan fingerprint density at radius 3 is 2.07 bits per heavy atom. The monoisotopic (exact) mass is 197 g/mol. The largest absolute Gasteiger partial charge is 1.00 e. The van der Waals surface area contributed by atoms with Crippen molar-refractivity contribution in [3.63, 3.8) is 0 Å². The zero-order valence-corrected chi connectivity index (χ0v) is 10.4. The molecular weight excluding hydrogens is 177 g/mol. The van der Waals surface area contributed by atoms with Crippen LogP contribution < -0.4 is 18.9 Å². The van der Waals surface area contributed by atoms with Gasteiger partial charge in [0.2, 0.25) is 0 Å². The summed E-state index contributed by atoms with van der Waals surface area (Å²) < 4.78 is 0. The molecule has 1 aromatic rings. The SMILES string of the molecule is CCC(CC)[N-][C@@H](C)c1ccccc1.[Li+]. The van der Waals surface area contributed by atoms with Crippen molar-refractivity contribution in [2.24, 2.45) is 0 Å². The van der Waals surface area contributed by atoms with Gasteiger partial charge in [0.15, 0.2) is 0 Å². The van der Waals surface area contributed by atoms with Crippen molar-refractivity contribution in [1.82, 2.24) is 0 Å². The minimum absolute atomic E-state index is 0. The van der Waals surface area contributed by atoms with Crippen molar-refractivity contribution in [3.05, 3.63) is 41.2 Å². The first-order valence-corrected chi connectivity index (χ1v) is 5.52. The summed E-state index contributed by atoms with van der Waals surface area (Å²) in [7, 11) is 0. The van der Waals surface area contributed by atoms with E-state index in [9.17, 15) is 0 Å². The van der Waals surface area contributed by atoms with Gasteiger partial charge < -0.3 is 5.32 Å². The maximum atomic E-state index is 4.78. The van der Waals surface area contributed by atoms with E-state index in [1.807, 2.05) is 6.07 Å². The van der Waals surface area contributed by atoms with E-state index in [2.05, 4.69) is 45.0 Å². The minimum Gasteiger partial charge on any atom is -0.653 e. The standard InChI is InChI=1S/C13H20N.Li/c1-4-13(5-2)14-11(3)12-9-7-6-8-10-12;/h6-11,13H,4-5H2,1-3H3;/q-1;+1/t11-;/m0./s1. The molecule has 0 aromatic heterocycles. The third kappa shape index (κ3) is 4.89. The number of nitrogens with zero attached hydrogens (tertiary/aromatic N) is 1. The summed E-state index contributed by atoms with van der Waals surface area (Å²) >= 11 is 0. The fraction of sp³-hybridized carbons (Fsp3) is 0.538. The van der Waals surface area contributed by atoms with E-state index in [0.717, 1.165) is 12.8 Å². The molecule has 0 bridgehead atoms. The molecule has 78 valence electrons. The maximum absolute atomic E-state index is 4.78. The van der Waals surface area contributed by atoms with Gasteiger partial charge >= 0.3 is 18.9 Å². The molecule has 0 heterocycles. The summed E-state index contributed by atoms with van der Waals surface area (Å²) in [5.74, 6) is 0. The van der Waals surface area contributed by atoms with Gasteiger partial charge in [-0.05, 0) is 0 Å². The number of rotatable bonds is 5. The molecule has 0 radical (unpaired) electrons. The van der Waals surface area contributed by atoms with Gasteiger partial charge in [0.1, 0.15) is 0 Å². The van der Waals surface area contributed by atoms with E-state index in [1.165, 1.54) is 5.56 Å². The quantitative estimate of drug-likeness (QED) is 0.632. The summed E-state index contributed by atoms with van der Waals surface area (Å²) in [6.07, 6.45) is 2.29. The van der Waals surface area contributed by atoms with Crippen LogP contribution in [0, 0.1) is 0 Å². The normalized spacial score (nSPS) is 12.3. The number of benzene rings is 1. The van der Waals surface area contributed by atoms with Gasteiger partial charge in [0.05, 0.1) is 0 Å². The maximum Gasteiger partial charge on any atom is 1.00 e. The van der Waals surface area contributed by atoms with Gasteiger partial charge in [-0.3, -0.25) is 0 Å². The molecule has 0 saturated heterocycles. The molecule has 0 aliphatic rings. The van der Waals surface area contributed by atoms with Crippen LogP contribution in [-0.2, 0) is 0 Å². The van der Waals surface area contributed by atoms with Crippen LogP contribution >= 0.6 is 0 Å². The molecule has 0 fully saturated rings. The van der Waals surface area contributed by atoms with Gasteiger partial charge in [0.25, 0.3) is 0 Å². The van der Waals surface area contributed by atoms with Crippen LogP contribution in [0.1, 0.15) is 45.2 Å². The van der Waals surface area contributed by atoms with Crippen molar-refractivity contribution < 1.29 is 18.9 Å². The third-order valence-electron chi connectivity index (χ3n) is 2.66. The van der Waals surface area contributed by atoms with Gasteiger partial charge in [-0.1, -0.05) is 69.5 Å². The fourth-order valence-corrected chi connectivity index (χ4v) is 1.63. The molecule has 0 N–H and O–H groups in total. The Hall–Kier alpha value is -0.223. The molecule has 15 heavy (non-hydrogen) atoms. The van der Waals surface area contributed by atoms with Gasteiger partial charge in [-0.2, -0.15) is 0 Å². The van der Waals surface area contributed by atoms with Crippen LogP contribution in [0.2, 0.25) is 0 Å². The molecule has 0 aliphatic heterocycles. The molecule has 0 saturated carbocycles. The van der Waals surface area contributed by atoms with E-state index in [4.69, 9.17) is 5.32 Å². The number of hydrogen-bond acceptors (Lipinski definition) is 0. The van der Waals surface area contributed by atoms with Gasteiger partial charge in [-0.15, -0.1) is 12.1 Å². The second-order valence-corrected chi connectivity index (χ2v) is 3.71. The smallest absolute Gasteiger partial charge is 0.653 e. The van der Waals surface area contributed by atoms with Crippen LogP contribution in [0.15, 0.2) is 30.3 Å². The van der Waals surface area contributed by atoms with E-state index in [1.54, 1.807) is 0 Å². The van der Waals surface area contributed by atoms with E-state index in [-0.39, 0.29) is 18.9 Å². The predicted octanol–water partition coefficient (Wildman–Crippen LogP) is 1.31. The summed E-state index contributed by atoms with van der Waals surface area (Å²) in [6.45, 7) is 6.58. The van der Waals surface area contributed by atoms with Crippen molar-refractivity contribution in [1.29, 1.82) is 0 Å². The van der Waals surface area contributed by atoms with Crippen LogP contribution in [0.25, 0.3) is 5.32 Å². The summed E-state index contributed by atoms with van der Waals surface area (Å²) in [5.41, 5.74) is 1.32. The molecular formula is C13H20LiN. The summed E-state index contributed by atoms with van der Waals surface area (Å²) in [5, 5.41) is 4.78. The predicted molar refractivity (Wildman–Crippen MR) is 62.6 cm³/mol. The van der Waals surface area contributed by atoms with E-state index >= 15 is 0 Å². The second kappa shape index (κ2) is 7.99. The third-order valence-corrected chi connectivity index (χ3v) is 2.66. The first-order valence-electron chi connectivity index (χ1n) is 5.52. The number of hydrogen-bond donors (Lipinski definition) is 0. The van der Waals surface area contributed by atoms with E-state index < -0.39 is 0 Å². The van der Waals surface area contributed by atoms with Gasteiger partial charge in [0, 0.05) is 0 Å².